The lowest BCUT2D eigenvalue weighted by Gasteiger charge is -2.19. The summed E-state index contributed by atoms with van der Waals surface area (Å²) >= 11 is 0. The molecule has 0 fully saturated rings. The third-order valence-electron chi connectivity index (χ3n) is 5.90. The van der Waals surface area contributed by atoms with Gasteiger partial charge in [-0.3, -0.25) is 0 Å². The third-order valence-corrected chi connectivity index (χ3v) is 5.90. The van der Waals surface area contributed by atoms with E-state index in [0.717, 1.165) is 28.0 Å². The number of fused-ring (bicyclic) bond motifs is 1. The maximum atomic E-state index is 9.06. The Hall–Kier alpha value is -3.01. The quantitative estimate of drug-likeness (QED) is 0.335. The monoisotopic (exact) mass is 430 g/mol. The molecular weight excluding hydrogens is 392 g/mol. The summed E-state index contributed by atoms with van der Waals surface area (Å²) in [5.41, 5.74) is 5.81. The van der Waals surface area contributed by atoms with Crippen molar-refractivity contribution in [3.8, 4) is 17.1 Å². The van der Waals surface area contributed by atoms with Crippen LogP contribution in [0.1, 0.15) is 86.1 Å². The Morgan fingerprint density at radius 1 is 0.812 bits per heavy atom. The molecule has 0 radical (unpaired) electrons. The van der Waals surface area contributed by atoms with Gasteiger partial charge in [-0.2, -0.15) is 4.57 Å². The fourth-order valence-corrected chi connectivity index (χ4v) is 4.25. The summed E-state index contributed by atoms with van der Waals surface area (Å²) in [7, 11) is 2.04. The van der Waals surface area contributed by atoms with Crippen molar-refractivity contribution in [2.24, 2.45) is 7.05 Å². The van der Waals surface area contributed by atoms with Gasteiger partial charge in [-0.05, 0) is 42.5 Å². The first-order valence-electron chi connectivity index (χ1n) is 12.6. The molecule has 2 aromatic heterocycles. The molecule has 0 aliphatic heterocycles. The Kier molecular flexibility index (Phi) is 4.93. The topological polar surface area (TPSA) is 34.6 Å². The molecule has 0 aliphatic rings. The molecule has 0 bridgehead atoms. The number of para-hydroxylation sites is 2. The van der Waals surface area contributed by atoms with Gasteiger partial charge in [0.05, 0.1) is 24.0 Å². The standard InChI is InChI=1S/C28H35N4/c1-17(2)24-26(25(18(3)4)30-27(29-24)19(5)6)32-23-16-12-11-15-22(23)31(8)28(32)21-14-10-9-13-20(21)7/h9-19H,1-8H3/q+1/i17D,18D,19D. The highest BCUT2D eigenvalue weighted by Gasteiger charge is 2.33. The summed E-state index contributed by atoms with van der Waals surface area (Å²) in [6, 6.07) is 16.4. The van der Waals surface area contributed by atoms with E-state index in [0.29, 0.717) is 22.9 Å². The SMILES string of the molecule is [2H]C(C)(C)c1nc(C([2H])(C)C)c(-n2c(-c3ccccc3C)[n+](C)c3ccccc32)c(C([2H])(C)C)n1. The van der Waals surface area contributed by atoms with Crippen LogP contribution in [0.5, 0.6) is 0 Å². The molecule has 32 heavy (non-hydrogen) atoms. The number of nitrogens with zero attached hydrogens (tertiary/aromatic N) is 4. The van der Waals surface area contributed by atoms with Crippen LogP contribution >= 0.6 is 0 Å². The minimum atomic E-state index is -1.09. The Morgan fingerprint density at radius 3 is 1.94 bits per heavy atom. The lowest BCUT2D eigenvalue weighted by molar-refractivity contribution is -0.633. The van der Waals surface area contributed by atoms with E-state index in [-0.39, 0.29) is 0 Å². The van der Waals surface area contributed by atoms with Crippen molar-refractivity contribution in [3.63, 3.8) is 0 Å². The van der Waals surface area contributed by atoms with Crippen LogP contribution in [0.2, 0.25) is 0 Å². The van der Waals surface area contributed by atoms with Gasteiger partial charge in [0.15, 0.2) is 16.7 Å². The lowest BCUT2D eigenvalue weighted by Crippen LogP contribution is -2.30. The van der Waals surface area contributed by atoms with Crippen molar-refractivity contribution < 1.29 is 8.68 Å². The van der Waals surface area contributed by atoms with E-state index in [2.05, 4.69) is 40.3 Å². The normalized spacial score (nSPS) is 14.3. The first kappa shape index (κ1) is 18.6. The molecule has 4 aromatic rings. The zero-order valence-electron chi connectivity index (χ0n) is 23.4. The second kappa shape index (κ2) is 8.50. The molecule has 4 rings (SSSR count). The van der Waals surface area contributed by atoms with Crippen LogP contribution in [0.15, 0.2) is 48.5 Å². The van der Waals surface area contributed by atoms with Gasteiger partial charge >= 0.3 is 0 Å². The number of benzene rings is 2. The Labute approximate surface area is 196 Å². The van der Waals surface area contributed by atoms with Crippen LogP contribution in [0.25, 0.3) is 28.1 Å². The number of aryl methyl sites for hydroxylation is 2. The molecule has 4 heteroatoms. The molecule has 166 valence electrons. The summed E-state index contributed by atoms with van der Waals surface area (Å²) in [6.45, 7) is 12.8. The predicted octanol–water partition coefficient (Wildman–Crippen LogP) is 6.59. The van der Waals surface area contributed by atoms with Crippen LogP contribution < -0.4 is 4.57 Å². The van der Waals surface area contributed by atoms with Gasteiger partial charge in [0.1, 0.15) is 5.82 Å². The van der Waals surface area contributed by atoms with Crippen LogP contribution in [0, 0.1) is 6.92 Å². The van der Waals surface area contributed by atoms with E-state index in [9.17, 15) is 0 Å². The second-order valence-electron chi connectivity index (χ2n) is 9.11. The Balaban J connectivity index is 2.30. The van der Waals surface area contributed by atoms with Gasteiger partial charge in [0, 0.05) is 10.0 Å². The molecule has 0 unspecified atom stereocenters. The molecule has 0 aliphatic carbocycles. The molecule has 0 atom stereocenters. The predicted molar refractivity (Wildman–Crippen MR) is 132 cm³/mol. The minimum absolute atomic E-state index is 0.324. The van der Waals surface area contributed by atoms with Crippen LogP contribution in [0.4, 0.5) is 0 Å². The maximum Gasteiger partial charge on any atom is 0.295 e. The van der Waals surface area contributed by atoms with Gasteiger partial charge < -0.3 is 0 Å². The zero-order valence-corrected chi connectivity index (χ0v) is 20.4. The van der Waals surface area contributed by atoms with Gasteiger partial charge in [-0.15, -0.1) is 0 Å². The Bertz CT molecular complexity index is 1380. The van der Waals surface area contributed by atoms with E-state index in [4.69, 9.17) is 14.1 Å². The van der Waals surface area contributed by atoms with E-state index >= 15 is 0 Å². The number of imidazole rings is 1. The summed E-state index contributed by atoms with van der Waals surface area (Å²) < 4.78 is 31.0. The molecule has 0 saturated carbocycles. The first-order valence-corrected chi connectivity index (χ1v) is 11.1. The smallest absolute Gasteiger partial charge is 0.233 e. The highest BCUT2D eigenvalue weighted by atomic mass is 15.2. The molecule has 0 amide bonds. The van der Waals surface area contributed by atoms with Crippen molar-refractivity contribution in [3.05, 3.63) is 71.3 Å². The summed E-state index contributed by atoms with van der Waals surface area (Å²) in [4.78, 5) is 9.68. The van der Waals surface area contributed by atoms with E-state index < -0.39 is 17.7 Å². The van der Waals surface area contributed by atoms with E-state index in [1.807, 2.05) is 31.3 Å². The van der Waals surface area contributed by atoms with Crippen molar-refractivity contribution in [2.45, 2.75) is 66.1 Å². The fourth-order valence-electron chi connectivity index (χ4n) is 4.25. The largest absolute Gasteiger partial charge is 0.295 e. The summed E-state index contributed by atoms with van der Waals surface area (Å²) in [5.74, 6) is -2.00. The van der Waals surface area contributed by atoms with E-state index in [1.165, 1.54) is 0 Å². The van der Waals surface area contributed by atoms with Crippen molar-refractivity contribution in [1.82, 2.24) is 14.5 Å². The number of hydrogen-bond donors (Lipinski definition) is 0. The molecule has 4 nitrogen and oxygen atoms in total. The summed E-state index contributed by atoms with van der Waals surface area (Å²) in [5, 5.41) is 0. The molecule has 0 N–H and O–H groups in total. The van der Waals surface area contributed by atoms with Crippen LogP contribution in [-0.4, -0.2) is 14.5 Å². The van der Waals surface area contributed by atoms with Gasteiger partial charge in [-0.25, -0.2) is 14.5 Å². The maximum absolute atomic E-state index is 9.06. The average molecular weight is 431 g/mol. The highest BCUT2D eigenvalue weighted by Crippen LogP contribution is 2.36. The van der Waals surface area contributed by atoms with Gasteiger partial charge in [0.2, 0.25) is 0 Å². The minimum Gasteiger partial charge on any atom is -0.233 e. The molecule has 2 heterocycles. The van der Waals surface area contributed by atoms with Crippen molar-refractivity contribution in [2.75, 3.05) is 0 Å². The number of rotatable bonds is 5. The number of hydrogen-bond acceptors (Lipinski definition) is 2. The molecule has 0 spiro atoms. The van der Waals surface area contributed by atoms with Crippen molar-refractivity contribution >= 4 is 11.0 Å². The van der Waals surface area contributed by atoms with Crippen molar-refractivity contribution in [1.29, 1.82) is 0 Å². The third kappa shape index (κ3) is 3.62. The number of aromatic nitrogens is 4. The Morgan fingerprint density at radius 2 is 1.38 bits per heavy atom. The highest BCUT2D eigenvalue weighted by molar-refractivity contribution is 5.80. The van der Waals surface area contributed by atoms with Gasteiger partial charge in [-0.1, -0.05) is 71.9 Å². The van der Waals surface area contributed by atoms with E-state index in [1.54, 1.807) is 41.5 Å². The second-order valence-corrected chi connectivity index (χ2v) is 9.11. The summed E-state index contributed by atoms with van der Waals surface area (Å²) in [6.07, 6.45) is 0. The molecule has 2 aromatic carbocycles. The van der Waals surface area contributed by atoms with Crippen LogP contribution in [0.3, 0.4) is 0 Å². The lowest BCUT2D eigenvalue weighted by atomic mass is 9.99. The fraction of sp³-hybridized carbons (Fsp3) is 0.393. The van der Waals surface area contributed by atoms with Gasteiger partial charge in [0.25, 0.3) is 5.82 Å². The van der Waals surface area contributed by atoms with Crippen LogP contribution in [-0.2, 0) is 7.05 Å². The zero-order chi connectivity index (χ0) is 25.9. The average Bonchev–Trinajstić information content (AvgIpc) is 3.03. The molecule has 0 saturated heterocycles. The molecular formula is C28H35N4+. The first-order chi connectivity index (χ1) is 16.1.